The Morgan fingerprint density at radius 3 is 2.23 bits per heavy atom. The zero-order chi connectivity index (χ0) is 18.4. The standard InChI is InChI=1S/C21H22N4O/c1-3-25(18-12-8-5-9-13-18)20-15-22-19(14-23-20)21(26)24-16(2)17-10-6-4-7-11-17/h4-16H,3H2,1-2H3,(H,24,26). The van der Waals surface area contributed by atoms with Crippen molar-refractivity contribution in [3.05, 3.63) is 84.3 Å². The van der Waals surface area contributed by atoms with E-state index in [0.717, 1.165) is 17.8 Å². The Bertz CT molecular complexity index is 835. The van der Waals surface area contributed by atoms with E-state index in [1.807, 2.05) is 72.5 Å². The van der Waals surface area contributed by atoms with Gasteiger partial charge in [0.15, 0.2) is 5.82 Å². The molecule has 0 spiro atoms. The minimum atomic E-state index is -0.233. The SMILES string of the molecule is CCN(c1ccccc1)c1cnc(C(=O)NC(C)c2ccccc2)cn1. The summed E-state index contributed by atoms with van der Waals surface area (Å²) < 4.78 is 0. The molecule has 0 saturated heterocycles. The van der Waals surface area contributed by atoms with Crippen LogP contribution in [0.5, 0.6) is 0 Å². The molecular formula is C21H22N4O. The molecule has 1 heterocycles. The highest BCUT2D eigenvalue weighted by Gasteiger charge is 2.14. The van der Waals surface area contributed by atoms with Gasteiger partial charge in [-0.2, -0.15) is 0 Å². The number of nitrogens with zero attached hydrogens (tertiary/aromatic N) is 3. The minimum absolute atomic E-state index is 0.0957. The monoisotopic (exact) mass is 346 g/mol. The fourth-order valence-electron chi connectivity index (χ4n) is 2.76. The number of amides is 1. The molecule has 1 atom stereocenters. The van der Waals surface area contributed by atoms with Gasteiger partial charge in [-0.25, -0.2) is 9.97 Å². The number of para-hydroxylation sites is 1. The van der Waals surface area contributed by atoms with Gasteiger partial charge in [-0.3, -0.25) is 4.79 Å². The summed E-state index contributed by atoms with van der Waals surface area (Å²) in [7, 11) is 0. The largest absolute Gasteiger partial charge is 0.344 e. The van der Waals surface area contributed by atoms with E-state index in [-0.39, 0.29) is 11.9 Å². The minimum Gasteiger partial charge on any atom is -0.344 e. The summed E-state index contributed by atoms with van der Waals surface area (Å²) in [5.74, 6) is 0.481. The number of carbonyl (C=O) groups excluding carboxylic acids is 1. The number of aromatic nitrogens is 2. The Labute approximate surface area is 153 Å². The van der Waals surface area contributed by atoms with E-state index in [2.05, 4.69) is 22.2 Å². The van der Waals surface area contributed by atoms with Crippen LogP contribution >= 0.6 is 0 Å². The molecule has 1 amide bonds. The Morgan fingerprint density at radius 2 is 1.65 bits per heavy atom. The van der Waals surface area contributed by atoms with Gasteiger partial charge in [0.25, 0.3) is 5.91 Å². The maximum Gasteiger partial charge on any atom is 0.271 e. The maximum atomic E-state index is 12.4. The first-order valence-corrected chi connectivity index (χ1v) is 8.69. The van der Waals surface area contributed by atoms with E-state index in [9.17, 15) is 4.79 Å². The van der Waals surface area contributed by atoms with Gasteiger partial charge in [-0.15, -0.1) is 0 Å². The van der Waals surface area contributed by atoms with Crippen molar-refractivity contribution in [1.29, 1.82) is 0 Å². The van der Waals surface area contributed by atoms with Crippen LogP contribution in [0, 0.1) is 0 Å². The number of hydrogen-bond donors (Lipinski definition) is 1. The maximum absolute atomic E-state index is 12.4. The molecule has 26 heavy (non-hydrogen) atoms. The molecule has 1 unspecified atom stereocenters. The van der Waals surface area contributed by atoms with E-state index in [4.69, 9.17) is 0 Å². The van der Waals surface area contributed by atoms with Gasteiger partial charge in [-0.1, -0.05) is 48.5 Å². The van der Waals surface area contributed by atoms with Crippen molar-refractivity contribution >= 4 is 17.4 Å². The molecule has 5 heteroatoms. The van der Waals surface area contributed by atoms with Crippen LogP contribution in [0.1, 0.15) is 35.9 Å². The van der Waals surface area contributed by atoms with Gasteiger partial charge in [0, 0.05) is 12.2 Å². The van der Waals surface area contributed by atoms with Gasteiger partial charge >= 0.3 is 0 Å². The third-order valence-corrected chi connectivity index (χ3v) is 4.18. The molecule has 5 nitrogen and oxygen atoms in total. The van der Waals surface area contributed by atoms with E-state index >= 15 is 0 Å². The third-order valence-electron chi connectivity index (χ3n) is 4.18. The van der Waals surface area contributed by atoms with Gasteiger partial charge in [0.05, 0.1) is 18.4 Å². The average Bonchev–Trinajstić information content (AvgIpc) is 2.70. The predicted octanol–water partition coefficient (Wildman–Crippen LogP) is 4.13. The van der Waals surface area contributed by atoms with E-state index in [1.165, 1.54) is 6.20 Å². The van der Waals surface area contributed by atoms with Crippen LogP contribution in [0.25, 0.3) is 0 Å². The lowest BCUT2D eigenvalue weighted by atomic mass is 10.1. The van der Waals surface area contributed by atoms with Crippen LogP contribution in [-0.4, -0.2) is 22.4 Å². The second-order valence-electron chi connectivity index (χ2n) is 5.95. The summed E-state index contributed by atoms with van der Waals surface area (Å²) in [5.41, 5.74) is 2.39. The molecule has 0 radical (unpaired) electrons. The summed E-state index contributed by atoms with van der Waals surface area (Å²) in [6.07, 6.45) is 3.16. The molecule has 0 aliphatic carbocycles. The molecule has 1 aromatic heterocycles. The van der Waals surface area contributed by atoms with Crippen molar-refractivity contribution in [2.45, 2.75) is 19.9 Å². The second-order valence-corrected chi connectivity index (χ2v) is 5.95. The molecule has 0 fully saturated rings. The number of nitrogens with one attached hydrogen (secondary N) is 1. The Hall–Kier alpha value is -3.21. The molecule has 0 aliphatic rings. The summed E-state index contributed by atoms with van der Waals surface area (Å²) in [6.45, 7) is 4.76. The van der Waals surface area contributed by atoms with Crippen LogP contribution in [0.3, 0.4) is 0 Å². The quantitative estimate of drug-likeness (QED) is 0.729. The summed E-state index contributed by atoms with van der Waals surface area (Å²) in [5, 5.41) is 2.95. The molecule has 3 rings (SSSR count). The predicted molar refractivity (Wildman–Crippen MR) is 103 cm³/mol. The normalized spacial score (nSPS) is 11.6. The van der Waals surface area contributed by atoms with Crippen molar-refractivity contribution in [1.82, 2.24) is 15.3 Å². The van der Waals surface area contributed by atoms with Gasteiger partial charge in [0.2, 0.25) is 0 Å². The first-order valence-electron chi connectivity index (χ1n) is 8.69. The molecule has 3 aromatic rings. The van der Waals surface area contributed by atoms with E-state index in [0.29, 0.717) is 11.5 Å². The highest BCUT2D eigenvalue weighted by molar-refractivity contribution is 5.92. The Balaban J connectivity index is 1.71. The summed E-state index contributed by atoms with van der Waals surface area (Å²) in [4.78, 5) is 23.2. The third kappa shape index (κ3) is 4.06. The molecule has 0 aliphatic heterocycles. The smallest absolute Gasteiger partial charge is 0.271 e. The van der Waals surface area contributed by atoms with E-state index < -0.39 is 0 Å². The first kappa shape index (κ1) is 17.6. The van der Waals surface area contributed by atoms with Crippen LogP contribution in [0.2, 0.25) is 0 Å². The molecule has 2 aromatic carbocycles. The van der Waals surface area contributed by atoms with Crippen LogP contribution in [0.15, 0.2) is 73.1 Å². The Kier molecular flexibility index (Phi) is 5.59. The van der Waals surface area contributed by atoms with Crippen molar-refractivity contribution in [3.63, 3.8) is 0 Å². The van der Waals surface area contributed by atoms with Gasteiger partial charge < -0.3 is 10.2 Å². The number of benzene rings is 2. The molecule has 132 valence electrons. The van der Waals surface area contributed by atoms with Crippen molar-refractivity contribution in [2.24, 2.45) is 0 Å². The number of carbonyl (C=O) groups is 1. The number of anilines is 2. The molecule has 0 saturated carbocycles. The van der Waals surface area contributed by atoms with Crippen LogP contribution < -0.4 is 10.2 Å². The zero-order valence-corrected chi connectivity index (χ0v) is 15.0. The highest BCUT2D eigenvalue weighted by Crippen LogP contribution is 2.22. The molecule has 0 bridgehead atoms. The lowest BCUT2D eigenvalue weighted by molar-refractivity contribution is 0.0934. The van der Waals surface area contributed by atoms with Crippen LogP contribution in [0.4, 0.5) is 11.5 Å². The Morgan fingerprint density at radius 1 is 1.00 bits per heavy atom. The van der Waals surface area contributed by atoms with Crippen molar-refractivity contribution < 1.29 is 4.79 Å². The van der Waals surface area contributed by atoms with Gasteiger partial charge in [0.1, 0.15) is 5.69 Å². The topological polar surface area (TPSA) is 58.1 Å². The number of rotatable bonds is 6. The number of hydrogen-bond acceptors (Lipinski definition) is 4. The summed E-state index contributed by atoms with van der Waals surface area (Å²) in [6, 6.07) is 19.7. The van der Waals surface area contributed by atoms with Crippen LogP contribution in [-0.2, 0) is 0 Å². The zero-order valence-electron chi connectivity index (χ0n) is 15.0. The fourth-order valence-corrected chi connectivity index (χ4v) is 2.76. The highest BCUT2D eigenvalue weighted by atomic mass is 16.1. The lowest BCUT2D eigenvalue weighted by Gasteiger charge is -2.21. The fraction of sp³-hybridized carbons (Fsp3) is 0.190. The summed E-state index contributed by atoms with van der Waals surface area (Å²) >= 11 is 0. The van der Waals surface area contributed by atoms with Gasteiger partial charge in [-0.05, 0) is 31.5 Å². The lowest BCUT2D eigenvalue weighted by Crippen LogP contribution is -2.27. The second kappa shape index (κ2) is 8.25. The average molecular weight is 346 g/mol. The first-order chi connectivity index (χ1) is 12.7. The molecular weight excluding hydrogens is 324 g/mol. The van der Waals surface area contributed by atoms with Crippen molar-refractivity contribution in [2.75, 3.05) is 11.4 Å². The molecule has 1 N–H and O–H groups in total. The van der Waals surface area contributed by atoms with E-state index in [1.54, 1.807) is 6.20 Å². The van der Waals surface area contributed by atoms with Crippen molar-refractivity contribution in [3.8, 4) is 0 Å².